The van der Waals surface area contributed by atoms with Crippen molar-refractivity contribution in [2.75, 3.05) is 18.3 Å². The minimum Gasteiger partial charge on any atom is -0.478 e. The second-order valence-corrected chi connectivity index (χ2v) is 7.49. The Morgan fingerprint density at radius 1 is 1.19 bits per heavy atom. The van der Waals surface area contributed by atoms with Crippen LogP contribution in [0.1, 0.15) is 46.9 Å². The molecular weight excluding hydrogens is 406 g/mol. The predicted molar refractivity (Wildman–Crippen MR) is 123 cm³/mol. The standard InChI is InChI=1S/C25H23N3O4/c1-3-21-18(20(26)12-23(27)28-21)9-4-14(2)17-10-19(24-22(11-17)31-13-32-24)15-5-7-16(8-6-15)25(29)30/h5-8,10-12,14H,3,13H2,1-2H3,(H,29,30)(H4,26,27,28)/t14-/m1/s1. The van der Waals surface area contributed by atoms with E-state index in [1.807, 2.05) is 26.0 Å². The largest absolute Gasteiger partial charge is 0.478 e. The van der Waals surface area contributed by atoms with E-state index in [9.17, 15) is 4.79 Å². The fourth-order valence-corrected chi connectivity index (χ4v) is 3.59. The van der Waals surface area contributed by atoms with Crippen LogP contribution in [0.5, 0.6) is 11.5 Å². The lowest BCUT2D eigenvalue weighted by atomic mass is 9.94. The highest BCUT2D eigenvalue weighted by Crippen LogP contribution is 2.43. The van der Waals surface area contributed by atoms with E-state index in [1.165, 1.54) is 0 Å². The van der Waals surface area contributed by atoms with E-state index in [-0.39, 0.29) is 18.3 Å². The van der Waals surface area contributed by atoms with Crippen molar-refractivity contribution in [1.82, 2.24) is 4.98 Å². The number of ether oxygens (including phenoxy) is 2. The van der Waals surface area contributed by atoms with Gasteiger partial charge in [0.2, 0.25) is 6.79 Å². The Labute approximate surface area is 186 Å². The summed E-state index contributed by atoms with van der Waals surface area (Å²) in [6.07, 6.45) is 0.675. The summed E-state index contributed by atoms with van der Waals surface area (Å²) in [5.74, 6) is 6.98. The van der Waals surface area contributed by atoms with Gasteiger partial charge in [-0.25, -0.2) is 9.78 Å². The molecule has 2 heterocycles. The minimum absolute atomic E-state index is 0.132. The maximum Gasteiger partial charge on any atom is 0.335 e. The van der Waals surface area contributed by atoms with Crippen LogP contribution >= 0.6 is 0 Å². The van der Waals surface area contributed by atoms with Crippen LogP contribution in [0, 0.1) is 11.8 Å². The summed E-state index contributed by atoms with van der Waals surface area (Å²) < 4.78 is 11.3. The summed E-state index contributed by atoms with van der Waals surface area (Å²) >= 11 is 0. The number of aryl methyl sites for hydroxylation is 1. The van der Waals surface area contributed by atoms with Crippen molar-refractivity contribution < 1.29 is 19.4 Å². The molecule has 5 N–H and O–H groups in total. The van der Waals surface area contributed by atoms with Gasteiger partial charge >= 0.3 is 5.97 Å². The highest BCUT2D eigenvalue weighted by Gasteiger charge is 2.22. The van der Waals surface area contributed by atoms with E-state index in [1.54, 1.807) is 30.3 Å². The molecule has 0 saturated heterocycles. The van der Waals surface area contributed by atoms with Gasteiger partial charge in [-0.2, -0.15) is 0 Å². The molecule has 0 saturated carbocycles. The van der Waals surface area contributed by atoms with Crippen LogP contribution in [0.15, 0.2) is 42.5 Å². The van der Waals surface area contributed by atoms with Crippen LogP contribution in [0.2, 0.25) is 0 Å². The van der Waals surface area contributed by atoms with Crippen molar-refractivity contribution in [3.63, 3.8) is 0 Å². The number of benzene rings is 2. The second kappa shape index (κ2) is 8.52. The maximum atomic E-state index is 11.2. The van der Waals surface area contributed by atoms with Crippen molar-refractivity contribution in [2.24, 2.45) is 0 Å². The summed E-state index contributed by atoms with van der Waals surface area (Å²) in [4.78, 5) is 15.5. The normalized spacial score (nSPS) is 12.7. The zero-order valence-electron chi connectivity index (χ0n) is 17.8. The smallest absolute Gasteiger partial charge is 0.335 e. The number of carboxylic acids is 1. The number of aromatic nitrogens is 1. The molecule has 1 aliphatic rings. The van der Waals surface area contributed by atoms with E-state index in [0.717, 1.165) is 22.4 Å². The molecule has 7 heteroatoms. The average Bonchev–Trinajstić information content (AvgIpc) is 3.26. The average molecular weight is 429 g/mol. The molecule has 32 heavy (non-hydrogen) atoms. The summed E-state index contributed by atoms with van der Waals surface area (Å²) in [6.45, 7) is 4.11. The Morgan fingerprint density at radius 2 is 1.94 bits per heavy atom. The van der Waals surface area contributed by atoms with Gasteiger partial charge in [-0.05, 0) is 48.7 Å². The molecule has 1 atom stereocenters. The van der Waals surface area contributed by atoms with E-state index in [0.29, 0.717) is 35.0 Å². The first-order valence-electron chi connectivity index (χ1n) is 10.2. The monoisotopic (exact) mass is 429 g/mol. The number of nitrogens with two attached hydrogens (primary N) is 2. The predicted octanol–water partition coefficient (Wildman–Crippen LogP) is 4.06. The molecule has 3 aromatic rings. The van der Waals surface area contributed by atoms with Crippen LogP contribution in [-0.2, 0) is 6.42 Å². The lowest BCUT2D eigenvalue weighted by molar-refractivity contribution is 0.0697. The zero-order valence-corrected chi connectivity index (χ0v) is 17.8. The van der Waals surface area contributed by atoms with Crippen molar-refractivity contribution >= 4 is 17.5 Å². The Bertz CT molecular complexity index is 1260. The van der Waals surface area contributed by atoms with Gasteiger partial charge in [0, 0.05) is 17.5 Å². The van der Waals surface area contributed by atoms with E-state index >= 15 is 0 Å². The Kier molecular flexibility index (Phi) is 5.61. The molecule has 0 amide bonds. The van der Waals surface area contributed by atoms with Crippen molar-refractivity contribution in [3.8, 4) is 34.5 Å². The van der Waals surface area contributed by atoms with Gasteiger partial charge in [0.25, 0.3) is 0 Å². The molecule has 162 valence electrons. The lowest BCUT2D eigenvalue weighted by Crippen LogP contribution is -2.03. The summed E-state index contributed by atoms with van der Waals surface area (Å²) in [7, 11) is 0. The molecule has 1 aromatic heterocycles. The summed E-state index contributed by atoms with van der Waals surface area (Å²) in [5.41, 5.74) is 16.7. The zero-order chi connectivity index (χ0) is 22.8. The highest BCUT2D eigenvalue weighted by molar-refractivity contribution is 5.88. The number of carboxylic acid groups (broad SMARTS) is 1. The number of hydrogen-bond donors (Lipinski definition) is 3. The van der Waals surface area contributed by atoms with Gasteiger partial charge in [0.1, 0.15) is 5.82 Å². The van der Waals surface area contributed by atoms with E-state index in [4.69, 9.17) is 26.0 Å². The van der Waals surface area contributed by atoms with E-state index in [2.05, 4.69) is 16.8 Å². The fraction of sp³-hybridized carbons (Fsp3) is 0.200. The molecule has 0 spiro atoms. The number of pyridine rings is 1. The van der Waals surface area contributed by atoms with Crippen LogP contribution in [0.3, 0.4) is 0 Å². The lowest BCUT2D eigenvalue weighted by Gasteiger charge is -2.12. The number of nitrogens with zero attached hydrogens (tertiary/aromatic N) is 1. The van der Waals surface area contributed by atoms with Crippen molar-refractivity contribution in [2.45, 2.75) is 26.2 Å². The Hall–Kier alpha value is -4.18. The molecule has 0 fully saturated rings. The molecule has 0 radical (unpaired) electrons. The van der Waals surface area contributed by atoms with Gasteiger partial charge in [0.15, 0.2) is 11.5 Å². The highest BCUT2D eigenvalue weighted by atomic mass is 16.7. The number of carbonyl (C=O) groups is 1. The fourth-order valence-electron chi connectivity index (χ4n) is 3.59. The maximum absolute atomic E-state index is 11.2. The third kappa shape index (κ3) is 4.03. The van der Waals surface area contributed by atoms with Gasteiger partial charge in [-0.1, -0.05) is 30.9 Å². The first-order chi connectivity index (χ1) is 15.4. The SMILES string of the molecule is CCc1nc(N)cc(N)c1C#C[C@@H](C)c1cc2c(c(-c3ccc(C(=O)O)cc3)c1)OCO2. The van der Waals surface area contributed by atoms with Crippen molar-refractivity contribution in [1.29, 1.82) is 0 Å². The third-order valence-corrected chi connectivity index (χ3v) is 5.33. The van der Waals surface area contributed by atoms with Crippen LogP contribution in [-0.4, -0.2) is 22.9 Å². The van der Waals surface area contributed by atoms with Gasteiger partial charge in [-0.3, -0.25) is 0 Å². The van der Waals surface area contributed by atoms with Crippen molar-refractivity contribution in [3.05, 3.63) is 64.8 Å². The first-order valence-corrected chi connectivity index (χ1v) is 10.2. The van der Waals surface area contributed by atoms with Gasteiger partial charge in [-0.15, -0.1) is 0 Å². The molecule has 2 aromatic carbocycles. The molecule has 0 bridgehead atoms. The Morgan fingerprint density at radius 3 is 2.62 bits per heavy atom. The van der Waals surface area contributed by atoms with Crippen LogP contribution in [0.25, 0.3) is 11.1 Å². The summed E-state index contributed by atoms with van der Waals surface area (Å²) in [6, 6.07) is 12.2. The number of fused-ring (bicyclic) bond motifs is 1. The number of hydrogen-bond acceptors (Lipinski definition) is 6. The molecule has 0 unspecified atom stereocenters. The number of nitrogen functional groups attached to an aromatic ring is 2. The Balaban J connectivity index is 1.72. The minimum atomic E-state index is -0.970. The quantitative estimate of drug-likeness (QED) is 0.535. The number of aromatic carboxylic acids is 1. The van der Waals surface area contributed by atoms with Gasteiger partial charge < -0.3 is 26.0 Å². The van der Waals surface area contributed by atoms with Crippen LogP contribution < -0.4 is 20.9 Å². The summed E-state index contributed by atoms with van der Waals surface area (Å²) in [5, 5.41) is 9.16. The third-order valence-electron chi connectivity index (χ3n) is 5.33. The van der Waals surface area contributed by atoms with Crippen LogP contribution in [0.4, 0.5) is 11.5 Å². The molecular formula is C25H23N3O4. The van der Waals surface area contributed by atoms with E-state index < -0.39 is 5.97 Å². The first kappa shape index (κ1) is 21.1. The number of rotatable bonds is 4. The molecule has 1 aliphatic heterocycles. The molecule has 7 nitrogen and oxygen atoms in total. The second-order valence-electron chi connectivity index (χ2n) is 7.49. The molecule has 0 aliphatic carbocycles. The number of anilines is 2. The molecule has 4 rings (SSSR count). The van der Waals surface area contributed by atoms with Gasteiger partial charge in [0.05, 0.1) is 22.5 Å². The topological polar surface area (TPSA) is 121 Å².